The number of fused-ring (bicyclic) bond motifs is 1. The van der Waals surface area contributed by atoms with E-state index >= 15 is 0 Å². The Morgan fingerprint density at radius 2 is 2.04 bits per heavy atom. The topological polar surface area (TPSA) is 64.9 Å². The molecular formula is C16H13N5OS. The van der Waals surface area contributed by atoms with Crippen molar-refractivity contribution >= 4 is 17.5 Å². The molecule has 114 valence electrons. The Bertz CT molecular complexity index is 875. The van der Waals surface area contributed by atoms with E-state index in [0.717, 1.165) is 33.6 Å². The second-order valence-corrected chi connectivity index (χ2v) is 5.71. The van der Waals surface area contributed by atoms with E-state index in [1.54, 1.807) is 19.5 Å². The second-order valence-electron chi connectivity index (χ2n) is 4.88. The van der Waals surface area contributed by atoms with Gasteiger partial charge in [-0.15, -0.1) is 10.2 Å². The van der Waals surface area contributed by atoms with Crippen molar-refractivity contribution in [3.05, 3.63) is 59.8 Å². The lowest BCUT2D eigenvalue weighted by Crippen LogP contribution is -2.18. The minimum Gasteiger partial charge on any atom is -0.497 e. The number of nitrogens with zero attached hydrogens (tertiary/aromatic N) is 4. The van der Waals surface area contributed by atoms with Gasteiger partial charge in [-0.25, -0.2) is 4.68 Å². The van der Waals surface area contributed by atoms with E-state index < -0.39 is 0 Å². The van der Waals surface area contributed by atoms with Crippen LogP contribution in [0.1, 0.15) is 5.56 Å². The Morgan fingerprint density at radius 3 is 2.87 bits per heavy atom. The molecule has 3 heterocycles. The number of thioether (sulfide) groups is 1. The minimum atomic E-state index is 0.731. The first-order chi connectivity index (χ1) is 11.3. The molecule has 23 heavy (non-hydrogen) atoms. The Hall–Kier alpha value is -2.80. The zero-order valence-corrected chi connectivity index (χ0v) is 13.1. The molecule has 4 rings (SSSR count). The van der Waals surface area contributed by atoms with Gasteiger partial charge in [-0.3, -0.25) is 10.4 Å². The van der Waals surface area contributed by atoms with Gasteiger partial charge in [0, 0.05) is 28.9 Å². The lowest BCUT2D eigenvalue weighted by Gasteiger charge is -2.19. The van der Waals surface area contributed by atoms with Crippen molar-refractivity contribution in [3.63, 3.8) is 0 Å². The smallest absolute Gasteiger partial charge is 0.214 e. The van der Waals surface area contributed by atoms with E-state index in [4.69, 9.17) is 4.74 Å². The van der Waals surface area contributed by atoms with Crippen LogP contribution in [0.3, 0.4) is 0 Å². The molecule has 1 aliphatic heterocycles. The fraction of sp³-hybridized carbons (Fsp3) is 0.0625. The number of rotatable bonds is 3. The number of methoxy groups -OCH3 is 1. The molecule has 0 saturated carbocycles. The Balaban J connectivity index is 1.70. The van der Waals surface area contributed by atoms with E-state index in [2.05, 4.69) is 20.6 Å². The number of nitrogens with one attached hydrogen (secondary N) is 1. The van der Waals surface area contributed by atoms with Crippen molar-refractivity contribution in [2.75, 3.05) is 12.5 Å². The number of aromatic nitrogens is 4. The standard InChI is InChI=1S/C16H13N5OS/c1-22-13-6-2-4-11(8-13)14-10-23-16-19-18-15(21(16)20-14)12-5-3-7-17-9-12/h2-10,20H,1H3. The first-order valence-corrected chi connectivity index (χ1v) is 7.87. The quantitative estimate of drug-likeness (QED) is 0.799. The Morgan fingerprint density at radius 1 is 1.13 bits per heavy atom. The van der Waals surface area contributed by atoms with Crippen molar-refractivity contribution in [2.45, 2.75) is 5.16 Å². The molecule has 0 spiro atoms. The fourth-order valence-electron chi connectivity index (χ4n) is 2.31. The maximum Gasteiger partial charge on any atom is 0.214 e. The van der Waals surface area contributed by atoms with Crippen molar-refractivity contribution in [1.29, 1.82) is 0 Å². The van der Waals surface area contributed by atoms with Gasteiger partial charge in [0.15, 0.2) is 5.82 Å². The van der Waals surface area contributed by atoms with Gasteiger partial charge in [0.25, 0.3) is 0 Å². The van der Waals surface area contributed by atoms with Gasteiger partial charge < -0.3 is 4.74 Å². The van der Waals surface area contributed by atoms with Crippen LogP contribution in [-0.4, -0.2) is 27.0 Å². The highest BCUT2D eigenvalue weighted by Crippen LogP contribution is 2.31. The van der Waals surface area contributed by atoms with Crippen LogP contribution in [0.4, 0.5) is 0 Å². The zero-order valence-electron chi connectivity index (χ0n) is 12.3. The number of benzene rings is 1. The van der Waals surface area contributed by atoms with E-state index in [1.165, 1.54) is 11.8 Å². The first-order valence-electron chi connectivity index (χ1n) is 6.99. The summed E-state index contributed by atoms with van der Waals surface area (Å²) in [6.07, 6.45) is 3.51. The van der Waals surface area contributed by atoms with E-state index in [0.29, 0.717) is 0 Å². The molecule has 0 fully saturated rings. The Labute approximate surface area is 137 Å². The summed E-state index contributed by atoms with van der Waals surface area (Å²) in [5, 5.41) is 11.3. The monoisotopic (exact) mass is 323 g/mol. The van der Waals surface area contributed by atoms with Crippen molar-refractivity contribution in [2.24, 2.45) is 0 Å². The maximum atomic E-state index is 5.29. The fourth-order valence-corrected chi connectivity index (χ4v) is 3.05. The summed E-state index contributed by atoms with van der Waals surface area (Å²) in [4.78, 5) is 4.14. The first kappa shape index (κ1) is 13.8. The lowest BCUT2D eigenvalue weighted by atomic mass is 10.2. The summed E-state index contributed by atoms with van der Waals surface area (Å²) >= 11 is 1.52. The third kappa shape index (κ3) is 2.55. The molecule has 0 amide bonds. The second kappa shape index (κ2) is 5.77. The van der Waals surface area contributed by atoms with Crippen LogP contribution in [-0.2, 0) is 0 Å². The van der Waals surface area contributed by atoms with Gasteiger partial charge in [0.05, 0.1) is 12.8 Å². The summed E-state index contributed by atoms with van der Waals surface area (Å²) < 4.78 is 7.16. The average molecular weight is 323 g/mol. The molecule has 0 radical (unpaired) electrons. The molecule has 1 aliphatic rings. The summed E-state index contributed by atoms with van der Waals surface area (Å²) in [5.41, 5.74) is 6.27. The Kier molecular flexibility index (Phi) is 3.47. The van der Waals surface area contributed by atoms with Gasteiger partial charge in [0.1, 0.15) is 5.75 Å². The third-order valence-electron chi connectivity index (χ3n) is 3.45. The van der Waals surface area contributed by atoms with Crippen LogP contribution >= 0.6 is 11.8 Å². The molecular weight excluding hydrogens is 310 g/mol. The summed E-state index contributed by atoms with van der Waals surface area (Å²) in [6.45, 7) is 0. The molecule has 7 heteroatoms. The summed E-state index contributed by atoms with van der Waals surface area (Å²) in [6, 6.07) is 11.7. The summed E-state index contributed by atoms with van der Waals surface area (Å²) in [5.74, 6) is 1.55. The molecule has 1 N–H and O–H groups in total. The highest BCUT2D eigenvalue weighted by Gasteiger charge is 2.19. The van der Waals surface area contributed by atoms with Crippen molar-refractivity contribution in [3.8, 4) is 17.1 Å². The van der Waals surface area contributed by atoms with Crippen molar-refractivity contribution < 1.29 is 4.74 Å². The predicted molar refractivity (Wildman–Crippen MR) is 89.4 cm³/mol. The molecule has 0 saturated heterocycles. The number of hydrogen-bond acceptors (Lipinski definition) is 6. The molecule has 0 atom stereocenters. The van der Waals surface area contributed by atoms with Gasteiger partial charge in [-0.2, -0.15) is 0 Å². The van der Waals surface area contributed by atoms with Gasteiger partial charge in [-0.05, 0) is 24.3 Å². The molecule has 1 aromatic carbocycles. The van der Waals surface area contributed by atoms with Crippen LogP contribution < -0.4 is 10.2 Å². The van der Waals surface area contributed by atoms with E-state index in [9.17, 15) is 0 Å². The van der Waals surface area contributed by atoms with Crippen LogP contribution in [0.2, 0.25) is 0 Å². The number of pyridine rings is 1. The zero-order chi connectivity index (χ0) is 15.6. The van der Waals surface area contributed by atoms with Crippen LogP contribution in [0.5, 0.6) is 5.75 Å². The third-order valence-corrected chi connectivity index (χ3v) is 4.28. The SMILES string of the molecule is COc1cccc(C2=CSc3nnc(-c4cccnc4)n3N2)c1. The number of hydrogen-bond donors (Lipinski definition) is 1. The molecule has 0 aliphatic carbocycles. The van der Waals surface area contributed by atoms with Crippen LogP contribution in [0.15, 0.2) is 59.4 Å². The predicted octanol–water partition coefficient (Wildman–Crippen LogP) is 3.00. The molecule has 0 unspecified atom stereocenters. The van der Waals surface area contributed by atoms with Crippen LogP contribution in [0, 0.1) is 0 Å². The highest BCUT2D eigenvalue weighted by atomic mass is 32.2. The highest BCUT2D eigenvalue weighted by molar-refractivity contribution is 8.02. The molecule has 3 aromatic rings. The van der Waals surface area contributed by atoms with E-state index in [-0.39, 0.29) is 0 Å². The maximum absolute atomic E-state index is 5.29. The van der Waals surface area contributed by atoms with Gasteiger partial charge in [-0.1, -0.05) is 23.9 Å². The van der Waals surface area contributed by atoms with Crippen LogP contribution in [0.25, 0.3) is 17.1 Å². The van der Waals surface area contributed by atoms with Gasteiger partial charge in [0.2, 0.25) is 5.16 Å². The minimum absolute atomic E-state index is 0.731. The lowest BCUT2D eigenvalue weighted by molar-refractivity contribution is 0.414. The molecule has 2 aromatic heterocycles. The van der Waals surface area contributed by atoms with Crippen molar-refractivity contribution in [1.82, 2.24) is 19.9 Å². The molecule has 0 bridgehead atoms. The van der Waals surface area contributed by atoms with E-state index in [1.807, 2.05) is 46.5 Å². The largest absolute Gasteiger partial charge is 0.497 e. The summed E-state index contributed by atoms with van der Waals surface area (Å²) in [7, 11) is 1.66. The number of ether oxygens (including phenoxy) is 1. The average Bonchev–Trinajstić information content (AvgIpc) is 3.05. The molecule has 6 nitrogen and oxygen atoms in total. The van der Waals surface area contributed by atoms with Gasteiger partial charge >= 0.3 is 0 Å². The normalized spacial score (nSPS) is 13.0.